The van der Waals surface area contributed by atoms with Gasteiger partial charge in [0, 0.05) is 43.7 Å². The normalized spacial score (nSPS) is 26.3. The van der Waals surface area contributed by atoms with E-state index in [1.807, 2.05) is 24.3 Å². The summed E-state index contributed by atoms with van der Waals surface area (Å²) in [5.74, 6) is 1.44. The Balaban J connectivity index is 1.12. The summed E-state index contributed by atoms with van der Waals surface area (Å²) in [4.78, 5) is 36.6. The van der Waals surface area contributed by atoms with E-state index in [0.717, 1.165) is 80.4 Å². The van der Waals surface area contributed by atoms with E-state index in [2.05, 4.69) is 27.4 Å². The molecule has 0 radical (unpaired) electrons. The molecule has 2 saturated heterocycles. The number of aromatic nitrogens is 1. The Bertz CT molecular complexity index is 1020. The van der Waals surface area contributed by atoms with Gasteiger partial charge in [0.1, 0.15) is 16.3 Å². The minimum absolute atomic E-state index is 0.0274. The van der Waals surface area contributed by atoms with Crippen molar-refractivity contribution >= 4 is 23.3 Å². The van der Waals surface area contributed by atoms with Crippen molar-refractivity contribution in [3.63, 3.8) is 0 Å². The zero-order valence-corrected chi connectivity index (χ0v) is 20.8. The third-order valence-electron chi connectivity index (χ3n) is 7.45. The number of nitrogens with zero attached hydrogens (tertiary/aromatic N) is 4. The summed E-state index contributed by atoms with van der Waals surface area (Å²) < 4.78 is 5.23. The van der Waals surface area contributed by atoms with Gasteiger partial charge in [-0.15, -0.1) is 11.3 Å². The van der Waals surface area contributed by atoms with Gasteiger partial charge in [-0.2, -0.15) is 0 Å². The number of rotatable bonds is 6. The highest BCUT2D eigenvalue weighted by Gasteiger charge is 2.52. The molecule has 182 valence electrons. The predicted molar refractivity (Wildman–Crippen MR) is 132 cm³/mol. The first kappa shape index (κ1) is 23.3. The van der Waals surface area contributed by atoms with Crippen LogP contribution in [-0.4, -0.2) is 77.1 Å². The van der Waals surface area contributed by atoms with Crippen LogP contribution >= 0.6 is 11.3 Å². The second kappa shape index (κ2) is 9.64. The van der Waals surface area contributed by atoms with Crippen molar-refractivity contribution in [3.8, 4) is 16.3 Å². The fraction of sp³-hybridized carbons (Fsp3) is 0.560. The number of carbonyl (C=O) groups is 2. The Morgan fingerprint density at radius 1 is 1.09 bits per heavy atom. The molecule has 3 heterocycles. The molecule has 2 aliphatic heterocycles. The quantitative estimate of drug-likeness (QED) is 0.635. The van der Waals surface area contributed by atoms with Gasteiger partial charge in [-0.1, -0.05) is 6.92 Å². The van der Waals surface area contributed by atoms with Gasteiger partial charge in [-0.05, 0) is 55.9 Å². The number of piperazine rings is 1. The molecule has 1 aliphatic carbocycles. The summed E-state index contributed by atoms with van der Waals surface area (Å²) >= 11 is 1.66. The molecule has 8 nitrogen and oxygen atoms in total. The van der Waals surface area contributed by atoms with Crippen LogP contribution in [0, 0.1) is 5.92 Å². The first-order valence-corrected chi connectivity index (χ1v) is 13.0. The van der Waals surface area contributed by atoms with E-state index in [9.17, 15) is 9.59 Å². The van der Waals surface area contributed by atoms with Crippen LogP contribution in [-0.2, 0) is 11.3 Å². The van der Waals surface area contributed by atoms with Crippen molar-refractivity contribution in [2.24, 2.45) is 5.92 Å². The van der Waals surface area contributed by atoms with E-state index >= 15 is 0 Å². The summed E-state index contributed by atoms with van der Waals surface area (Å²) in [6, 6.07) is 7.76. The number of amides is 3. The Kier molecular flexibility index (Phi) is 6.59. The Labute approximate surface area is 204 Å². The van der Waals surface area contributed by atoms with Gasteiger partial charge in [-0.25, -0.2) is 14.7 Å². The summed E-state index contributed by atoms with van der Waals surface area (Å²) in [5.41, 5.74) is 1.52. The van der Waals surface area contributed by atoms with Crippen LogP contribution in [0.1, 0.15) is 38.3 Å². The average molecular weight is 484 g/mol. The van der Waals surface area contributed by atoms with Crippen LogP contribution in [0.5, 0.6) is 5.75 Å². The first-order valence-electron chi connectivity index (χ1n) is 12.1. The largest absolute Gasteiger partial charge is 0.497 e. The number of imide groups is 1. The van der Waals surface area contributed by atoms with Crippen molar-refractivity contribution in [2.45, 2.75) is 44.7 Å². The number of urea groups is 1. The predicted octanol–water partition coefficient (Wildman–Crippen LogP) is 3.39. The third kappa shape index (κ3) is 4.69. The Morgan fingerprint density at radius 2 is 1.76 bits per heavy atom. The molecule has 1 saturated carbocycles. The lowest BCUT2D eigenvalue weighted by atomic mass is 9.77. The van der Waals surface area contributed by atoms with Crippen molar-refractivity contribution in [3.05, 3.63) is 35.3 Å². The zero-order valence-electron chi connectivity index (χ0n) is 20.0. The van der Waals surface area contributed by atoms with E-state index in [1.165, 1.54) is 4.90 Å². The molecular formula is C25H33N5O3S. The highest BCUT2D eigenvalue weighted by atomic mass is 32.1. The molecule has 2 aromatic rings. The maximum atomic E-state index is 13.1. The molecule has 1 aromatic heterocycles. The standard InChI is InChI=1S/C25H33N5O3S/c1-18-7-9-25(10-8-18)23(31)30(24(32)27-25)17-29-13-11-28(12-14-29)15-20-16-34-22(26-20)19-3-5-21(33-2)6-4-19/h3-6,16,18H,7-15,17H2,1-2H3,(H,27,32). The van der Waals surface area contributed by atoms with Crippen molar-refractivity contribution < 1.29 is 14.3 Å². The van der Waals surface area contributed by atoms with Gasteiger partial charge in [0.2, 0.25) is 0 Å². The van der Waals surface area contributed by atoms with E-state index in [1.54, 1.807) is 18.4 Å². The molecule has 9 heteroatoms. The Morgan fingerprint density at radius 3 is 2.44 bits per heavy atom. The third-order valence-corrected chi connectivity index (χ3v) is 8.39. The van der Waals surface area contributed by atoms with Crippen molar-refractivity contribution in [2.75, 3.05) is 40.0 Å². The number of thiazole rings is 1. The molecule has 0 atom stereocenters. The fourth-order valence-corrected chi connectivity index (χ4v) is 5.98. The van der Waals surface area contributed by atoms with Gasteiger partial charge < -0.3 is 10.1 Å². The zero-order chi connectivity index (χ0) is 23.7. The molecule has 1 spiro atoms. The minimum atomic E-state index is -0.655. The van der Waals surface area contributed by atoms with Gasteiger partial charge in [0.05, 0.1) is 19.5 Å². The minimum Gasteiger partial charge on any atom is -0.497 e. The van der Waals surface area contributed by atoms with Crippen LogP contribution in [0.15, 0.2) is 29.6 Å². The van der Waals surface area contributed by atoms with Crippen molar-refractivity contribution in [1.82, 2.24) is 25.0 Å². The number of hydrogen-bond donors (Lipinski definition) is 1. The molecule has 3 aliphatic rings. The lowest BCUT2D eigenvalue weighted by molar-refractivity contribution is -0.134. The molecule has 0 unspecified atom stereocenters. The summed E-state index contributed by atoms with van der Waals surface area (Å²) in [6.07, 6.45) is 3.51. The van der Waals surface area contributed by atoms with Crippen LogP contribution in [0.25, 0.3) is 10.6 Å². The average Bonchev–Trinajstić information content (AvgIpc) is 3.41. The van der Waals surface area contributed by atoms with E-state index in [-0.39, 0.29) is 11.9 Å². The summed E-state index contributed by atoms with van der Waals surface area (Å²) in [5, 5.41) is 6.17. The van der Waals surface area contributed by atoms with Crippen LogP contribution in [0.3, 0.4) is 0 Å². The van der Waals surface area contributed by atoms with E-state index in [4.69, 9.17) is 9.72 Å². The smallest absolute Gasteiger partial charge is 0.326 e. The van der Waals surface area contributed by atoms with Gasteiger partial charge in [-0.3, -0.25) is 14.6 Å². The lowest BCUT2D eigenvalue weighted by Gasteiger charge is -2.36. The topological polar surface area (TPSA) is 78.0 Å². The maximum Gasteiger partial charge on any atom is 0.326 e. The van der Waals surface area contributed by atoms with Gasteiger partial charge >= 0.3 is 6.03 Å². The summed E-state index contributed by atoms with van der Waals surface area (Å²) in [7, 11) is 1.67. The monoisotopic (exact) mass is 483 g/mol. The Hall–Kier alpha value is -2.49. The molecule has 1 aromatic carbocycles. The molecule has 0 bridgehead atoms. The number of nitrogens with one attached hydrogen (secondary N) is 1. The number of hydrogen-bond acceptors (Lipinski definition) is 7. The number of methoxy groups -OCH3 is 1. The highest BCUT2D eigenvalue weighted by Crippen LogP contribution is 2.36. The molecular weight excluding hydrogens is 450 g/mol. The van der Waals surface area contributed by atoms with Crippen molar-refractivity contribution in [1.29, 1.82) is 0 Å². The van der Waals surface area contributed by atoms with Gasteiger partial charge in [0.15, 0.2) is 0 Å². The number of ether oxygens (including phenoxy) is 1. The molecule has 34 heavy (non-hydrogen) atoms. The highest BCUT2D eigenvalue weighted by molar-refractivity contribution is 7.13. The second-order valence-corrected chi connectivity index (χ2v) is 10.7. The first-order chi connectivity index (χ1) is 16.5. The van der Waals surface area contributed by atoms with E-state index in [0.29, 0.717) is 12.6 Å². The SMILES string of the molecule is COc1ccc(-c2nc(CN3CCN(CN4C(=O)NC5(CCC(C)CC5)C4=O)CC3)cs2)cc1. The van der Waals surface area contributed by atoms with Crippen LogP contribution < -0.4 is 10.1 Å². The number of carbonyl (C=O) groups excluding carboxylic acids is 2. The molecule has 3 fully saturated rings. The molecule has 5 rings (SSSR count). The summed E-state index contributed by atoms with van der Waals surface area (Å²) in [6.45, 7) is 6.85. The fourth-order valence-electron chi connectivity index (χ4n) is 5.16. The van der Waals surface area contributed by atoms with Crippen LogP contribution in [0.2, 0.25) is 0 Å². The number of benzene rings is 1. The second-order valence-electron chi connectivity index (χ2n) is 9.84. The van der Waals surface area contributed by atoms with Crippen LogP contribution in [0.4, 0.5) is 4.79 Å². The maximum absolute atomic E-state index is 13.1. The lowest BCUT2D eigenvalue weighted by Crippen LogP contribution is -2.52. The molecule has 1 N–H and O–H groups in total. The van der Waals surface area contributed by atoms with Gasteiger partial charge in [0.25, 0.3) is 5.91 Å². The molecule has 3 amide bonds. The van der Waals surface area contributed by atoms with E-state index < -0.39 is 5.54 Å².